The first-order valence-electron chi connectivity index (χ1n) is 7.82. The Morgan fingerprint density at radius 1 is 1.08 bits per heavy atom. The molecule has 1 aliphatic rings. The standard InChI is InChI=1S/C19H18O5/c20-11-16-17(24-19(16)23)8-7-12-3-1-4-13(9-12)14-5-2-6-15(10-14)18(21)22/h1-6,9-10,16-17,20H,7-8,11H2,(H,21,22)/t16-,17-/m1/s1. The normalized spacial score (nSPS) is 19.5. The lowest BCUT2D eigenvalue weighted by atomic mass is 9.91. The van der Waals surface area contributed by atoms with Crippen LogP contribution in [0.4, 0.5) is 0 Å². The van der Waals surface area contributed by atoms with E-state index in [1.807, 2.05) is 30.3 Å². The lowest BCUT2D eigenvalue weighted by molar-refractivity contribution is -0.188. The van der Waals surface area contributed by atoms with Crippen LogP contribution in [0.25, 0.3) is 11.1 Å². The quantitative estimate of drug-likeness (QED) is 0.797. The van der Waals surface area contributed by atoms with Crippen LogP contribution in [0.3, 0.4) is 0 Å². The van der Waals surface area contributed by atoms with Gasteiger partial charge in [0.25, 0.3) is 0 Å². The van der Waals surface area contributed by atoms with Crippen molar-refractivity contribution in [3.05, 3.63) is 59.7 Å². The molecule has 3 rings (SSSR count). The van der Waals surface area contributed by atoms with Gasteiger partial charge in [0.1, 0.15) is 12.0 Å². The molecule has 1 fully saturated rings. The summed E-state index contributed by atoms with van der Waals surface area (Å²) in [5.74, 6) is -1.68. The number of carbonyl (C=O) groups excluding carboxylic acids is 1. The van der Waals surface area contributed by atoms with Crippen molar-refractivity contribution in [2.45, 2.75) is 18.9 Å². The minimum atomic E-state index is -0.949. The van der Waals surface area contributed by atoms with E-state index in [0.29, 0.717) is 6.42 Å². The van der Waals surface area contributed by atoms with E-state index in [0.717, 1.165) is 23.1 Å². The number of carboxylic acid groups (broad SMARTS) is 1. The van der Waals surface area contributed by atoms with Crippen molar-refractivity contribution in [2.24, 2.45) is 5.92 Å². The minimum absolute atomic E-state index is 0.175. The highest BCUT2D eigenvalue weighted by molar-refractivity contribution is 5.89. The first-order chi connectivity index (χ1) is 11.6. The van der Waals surface area contributed by atoms with Crippen LogP contribution in [0.5, 0.6) is 0 Å². The fraction of sp³-hybridized carbons (Fsp3) is 0.263. The fourth-order valence-electron chi connectivity index (χ4n) is 2.90. The van der Waals surface area contributed by atoms with Gasteiger partial charge in [-0.05, 0) is 41.7 Å². The number of aliphatic hydroxyl groups is 1. The second kappa shape index (κ2) is 6.84. The first-order valence-corrected chi connectivity index (χ1v) is 7.82. The number of esters is 1. The maximum absolute atomic E-state index is 11.2. The third kappa shape index (κ3) is 3.31. The van der Waals surface area contributed by atoms with E-state index in [-0.39, 0.29) is 24.2 Å². The summed E-state index contributed by atoms with van der Waals surface area (Å²) < 4.78 is 5.06. The van der Waals surface area contributed by atoms with Crippen LogP contribution in [-0.4, -0.2) is 34.9 Å². The van der Waals surface area contributed by atoms with Gasteiger partial charge in [0.05, 0.1) is 12.2 Å². The minimum Gasteiger partial charge on any atom is -0.478 e. The summed E-state index contributed by atoms with van der Waals surface area (Å²) in [6, 6.07) is 14.7. The molecule has 0 aliphatic carbocycles. The van der Waals surface area contributed by atoms with E-state index in [2.05, 4.69) is 0 Å². The van der Waals surface area contributed by atoms with Crippen LogP contribution in [0.2, 0.25) is 0 Å². The van der Waals surface area contributed by atoms with Gasteiger partial charge in [-0.2, -0.15) is 0 Å². The molecule has 1 aliphatic heterocycles. The predicted molar refractivity (Wildman–Crippen MR) is 87.6 cm³/mol. The Kier molecular flexibility index (Phi) is 4.62. The number of hydrogen-bond acceptors (Lipinski definition) is 4. The lowest BCUT2D eigenvalue weighted by Crippen LogP contribution is -2.47. The van der Waals surface area contributed by atoms with Crippen molar-refractivity contribution in [3.8, 4) is 11.1 Å². The number of ether oxygens (including phenoxy) is 1. The van der Waals surface area contributed by atoms with Gasteiger partial charge in [0.2, 0.25) is 0 Å². The Morgan fingerprint density at radius 2 is 1.79 bits per heavy atom. The number of carbonyl (C=O) groups is 2. The molecule has 2 atom stereocenters. The third-order valence-electron chi connectivity index (χ3n) is 4.30. The van der Waals surface area contributed by atoms with Crippen molar-refractivity contribution in [1.29, 1.82) is 0 Å². The summed E-state index contributed by atoms with van der Waals surface area (Å²) in [4.78, 5) is 22.3. The highest BCUT2D eigenvalue weighted by Gasteiger charge is 2.41. The summed E-state index contributed by atoms with van der Waals surface area (Å²) in [7, 11) is 0. The number of aryl methyl sites for hydroxylation is 1. The van der Waals surface area contributed by atoms with Crippen LogP contribution in [-0.2, 0) is 16.0 Å². The molecule has 0 radical (unpaired) electrons. The number of cyclic esters (lactones) is 1. The van der Waals surface area contributed by atoms with Gasteiger partial charge in [0, 0.05) is 0 Å². The van der Waals surface area contributed by atoms with Crippen LogP contribution in [0, 0.1) is 5.92 Å². The van der Waals surface area contributed by atoms with Crippen molar-refractivity contribution < 1.29 is 24.5 Å². The molecule has 0 spiro atoms. The molecule has 1 heterocycles. The molecule has 0 bridgehead atoms. The molecular weight excluding hydrogens is 308 g/mol. The van der Waals surface area contributed by atoms with Gasteiger partial charge in [-0.1, -0.05) is 36.4 Å². The Hall–Kier alpha value is -2.66. The third-order valence-corrected chi connectivity index (χ3v) is 4.30. The van der Waals surface area contributed by atoms with Crippen molar-refractivity contribution in [1.82, 2.24) is 0 Å². The molecule has 0 saturated carbocycles. The average Bonchev–Trinajstić information content (AvgIpc) is 2.59. The zero-order valence-corrected chi connectivity index (χ0v) is 13.0. The number of benzene rings is 2. The van der Waals surface area contributed by atoms with Gasteiger partial charge < -0.3 is 14.9 Å². The highest BCUT2D eigenvalue weighted by Crippen LogP contribution is 2.27. The number of carboxylic acids is 1. The summed E-state index contributed by atoms with van der Waals surface area (Å²) in [6.07, 6.45) is 1.16. The zero-order valence-electron chi connectivity index (χ0n) is 13.0. The Labute approximate surface area is 139 Å². The Morgan fingerprint density at radius 3 is 2.46 bits per heavy atom. The van der Waals surface area contributed by atoms with Crippen molar-refractivity contribution >= 4 is 11.9 Å². The zero-order chi connectivity index (χ0) is 17.1. The number of aliphatic hydroxyl groups excluding tert-OH is 1. The largest absolute Gasteiger partial charge is 0.478 e. The van der Waals surface area contributed by atoms with E-state index in [1.165, 1.54) is 0 Å². The summed E-state index contributed by atoms with van der Waals surface area (Å²) in [5, 5.41) is 18.2. The smallest absolute Gasteiger partial charge is 0.335 e. The van der Waals surface area contributed by atoms with Crippen LogP contribution in [0.1, 0.15) is 22.3 Å². The molecule has 24 heavy (non-hydrogen) atoms. The SMILES string of the molecule is O=C(O)c1cccc(-c2cccc(CC[C@H]3OC(=O)[C@@H]3CO)c2)c1. The van der Waals surface area contributed by atoms with E-state index in [9.17, 15) is 9.59 Å². The summed E-state index contributed by atoms with van der Waals surface area (Å²) in [6.45, 7) is -0.175. The Balaban J connectivity index is 1.71. The second-order valence-corrected chi connectivity index (χ2v) is 5.89. The maximum Gasteiger partial charge on any atom is 0.335 e. The molecule has 0 unspecified atom stereocenters. The van der Waals surface area contributed by atoms with Crippen molar-refractivity contribution in [2.75, 3.05) is 6.61 Å². The molecule has 0 amide bonds. The number of rotatable bonds is 6. The average molecular weight is 326 g/mol. The second-order valence-electron chi connectivity index (χ2n) is 5.89. The van der Waals surface area contributed by atoms with Gasteiger partial charge in [-0.3, -0.25) is 4.79 Å². The van der Waals surface area contributed by atoms with Crippen molar-refractivity contribution in [3.63, 3.8) is 0 Å². The van der Waals surface area contributed by atoms with Crippen LogP contribution in [0.15, 0.2) is 48.5 Å². The van der Waals surface area contributed by atoms with Gasteiger partial charge in [-0.15, -0.1) is 0 Å². The van der Waals surface area contributed by atoms with E-state index in [1.54, 1.807) is 18.2 Å². The summed E-state index contributed by atoms with van der Waals surface area (Å²) in [5.41, 5.74) is 3.12. The number of hydrogen-bond donors (Lipinski definition) is 2. The maximum atomic E-state index is 11.2. The monoisotopic (exact) mass is 326 g/mol. The molecule has 124 valence electrons. The molecular formula is C19H18O5. The Bertz CT molecular complexity index is 768. The van der Waals surface area contributed by atoms with E-state index >= 15 is 0 Å². The highest BCUT2D eigenvalue weighted by atomic mass is 16.6. The first kappa shape index (κ1) is 16.2. The fourth-order valence-corrected chi connectivity index (χ4v) is 2.90. The molecule has 2 aromatic carbocycles. The predicted octanol–water partition coefficient (Wildman–Crippen LogP) is 2.52. The van der Waals surface area contributed by atoms with Crippen LogP contribution >= 0.6 is 0 Å². The molecule has 1 saturated heterocycles. The van der Waals surface area contributed by atoms with E-state index < -0.39 is 11.9 Å². The molecule has 2 N–H and O–H groups in total. The molecule has 0 aromatic heterocycles. The topological polar surface area (TPSA) is 83.8 Å². The lowest BCUT2D eigenvalue weighted by Gasteiger charge is -2.33. The van der Waals surface area contributed by atoms with Crippen LogP contribution < -0.4 is 0 Å². The molecule has 5 heteroatoms. The number of aromatic carboxylic acids is 1. The van der Waals surface area contributed by atoms with Gasteiger partial charge >= 0.3 is 11.9 Å². The molecule has 5 nitrogen and oxygen atoms in total. The van der Waals surface area contributed by atoms with E-state index in [4.69, 9.17) is 14.9 Å². The molecule has 2 aromatic rings. The van der Waals surface area contributed by atoms with Gasteiger partial charge in [0.15, 0.2) is 0 Å². The summed E-state index contributed by atoms with van der Waals surface area (Å²) >= 11 is 0. The van der Waals surface area contributed by atoms with Gasteiger partial charge in [-0.25, -0.2) is 4.79 Å².